The highest BCUT2D eigenvalue weighted by atomic mass is 16.3. The molecule has 0 saturated carbocycles. The van der Waals surface area contributed by atoms with E-state index in [4.69, 9.17) is 0 Å². The van der Waals surface area contributed by atoms with Crippen LogP contribution in [-0.2, 0) is 0 Å². The monoisotopic (exact) mass is 250 g/mol. The van der Waals surface area contributed by atoms with Crippen LogP contribution in [0.1, 0.15) is 50.0 Å². The van der Waals surface area contributed by atoms with Crippen molar-refractivity contribution in [3.05, 3.63) is 24.0 Å². The minimum atomic E-state index is -0.303. The first-order chi connectivity index (χ1) is 8.69. The number of aromatic nitrogens is 1. The molecule has 0 aliphatic carbocycles. The lowest BCUT2D eigenvalue weighted by molar-refractivity contribution is 0.0938. The van der Waals surface area contributed by atoms with E-state index in [0.717, 1.165) is 12.8 Å². The van der Waals surface area contributed by atoms with Gasteiger partial charge >= 0.3 is 0 Å². The van der Waals surface area contributed by atoms with Gasteiger partial charge in [0, 0.05) is 12.7 Å². The van der Waals surface area contributed by atoms with E-state index in [1.807, 2.05) is 0 Å². The summed E-state index contributed by atoms with van der Waals surface area (Å²) < 4.78 is 0. The van der Waals surface area contributed by atoms with Crippen LogP contribution in [-0.4, -0.2) is 22.5 Å². The van der Waals surface area contributed by atoms with Crippen LogP contribution in [0.15, 0.2) is 18.3 Å². The molecule has 100 valence electrons. The summed E-state index contributed by atoms with van der Waals surface area (Å²) in [6, 6.07) is 3.07. The van der Waals surface area contributed by atoms with Crippen molar-refractivity contribution in [3.63, 3.8) is 0 Å². The van der Waals surface area contributed by atoms with Gasteiger partial charge in [-0.2, -0.15) is 0 Å². The molecule has 1 aromatic heterocycles. The molecule has 4 nitrogen and oxygen atoms in total. The van der Waals surface area contributed by atoms with E-state index in [-0.39, 0.29) is 17.4 Å². The smallest absolute Gasteiger partial charge is 0.273 e. The molecular weight excluding hydrogens is 228 g/mol. The van der Waals surface area contributed by atoms with Gasteiger partial charge in [-0.25, -0.2) is 4.98 Å². The maximum Gasteiger partial charge on any atom is 0.273 e. The number of nitrogens with one attached hydrogen (secondary N) is 1. The Morgan fingerprint density at radius 3 is 2.89 bits per heavy atom. The van der Waals surface area contributed by atoms with Crippen LogP contribution < -0.4 is 5.32 Å². The van der Waals surface area contributed by atoms with Gasteiger partial charge in [-0.1, -0.05) is 33.1 Å². The molecule has 0 spiro atoms. The molecule has 0 radical (unpaired) electrons. The second-order valence-corrected chi connectivity index (χ2v) is 4.50. The van der Waals surface area contributed by atoms with E-state index in [1.54, 1.807) is 6.07 Å². The van der Waals surface area contributed by atoms with Crippen LogP contribution in [0.5, 0.6) is 5.75 Å². The average Bonchev–Trinajstić information content (AvgIpc) is 2.39. The number of amides is 1. The molecule has 1 rings (SSSR count). The third-order valence-electron chi connectivity index (χ3n) is 3.10. The molecule has 1 atom stereocenters. The van der Waals surface area contributed by atoms with Gasteiger partial charge in [-0.15, -0.1) is 0 Å². The zero-order valence-corrected chi connectivity index (χ0v) is 11.1. The Kier molecular flexibility index (Phi) is 6.19. The van der Waals surface area contributed by atoms with Gasteiger partial charge in [0.1, 0.15) is 5.75 Å². The van der Waals surface area contributed by atoms with E-state index in [9.17, 15) is 9.90 Å². The second-order valence-electron chi connectivity index (χ2n) is 4.50. The predicted molar refractivity (Wildman–Crippen MR) is 71.5 cm³/mol. The first kappa shape index (κ1) is 14.5. The number of pyridine rings is 1. The first-order valence-electron chi connectivity index (χ1n) is 6.61. The van der Waals surface area contributed by atoms with E-state index >= 15 is 0 Å². The number of carbonyl (C=O) groups is 1. The molecule has 0 saturated heterocycles. The molecule has 0 aliphatic rings. The molecule has 0 fully saturated rings. The Labute approximate surface area is 108 Å². The highest BCUT2D eigenvalue weighted by Crippen LogP contribution is 2.14. The van der Waals surface area contributed by atoms with Crippen molar-refractivity contribution in [1.82, 2.24) is 10.3 Å². The van der Waals surface area contributed by atoms with Crippen molar-refractivity contribution in [2.75, 3.05) is 6.54 Å². The highest BCUT2D eigenvalue weighted by Gasteiger charge is 2.13. The van der Waals surface area contributed by atoms with Crippen molar-refractivity contribution in [3.8, 4) is 5.75 Å². The fraction of sp³-hybridized carbons (Fsp3) is 0.571. The van der Waals surface area contributed by atoms with Gasteiger partial charge in [-0.05, 0) is 24.5 Å². The topological polar surface area (TPSA) is 62.2 Å². The summed E-state index contributed by atoms with van der Waals surface area (Å²) in [5.41, 5.74) is 0.0999. The van der Waals surface area contributed by atoms with E-state index in [2.05, 4.69) is 24.1 Å². The second kappa shape index (κ2) is 7.69. The summed E-state index contributed by atoms with van der Waals surface area (Å²) in [6.45, 7) is 4.94. The first-order valence-corrected chi connectivity index (χ1v) is 6.61. The Morgan fingerprint density at radius 1 is 1.50 bits per heavy atom. The molecule has 1 heterocycles. The molecule has 1 amide bonds. The fourth-order valence-electron chi connectivity index (χ4n) is 1.84. The zero-order valence-electron chi connectivity index (χ0n) is 11.1. The molecule has 0 aromatic carbocycles. The Hall–Kier alpha value is -1.58. The SMILES string of the molecule is CCCCC(CC)CNC(=O)c1ncccc1O. The third kappa shape index (κ3) is 4.35. The van der Waals surface area contributed by atoms with Crippen LogP contribution in [0.25, 0.3) is 0 Å². The van der Waals surface area contributed by atoms with Crippen LogP contribution in [0.3, 0.4) is 0 Å². The van der Waals surface area contributed by atoms with Crippen LogP contribution in [0, 0.1) is 5.92 Å². The summed E-state index contributed by atoms with van der Waals surface area (Å²) >= 11 is 0. The number of unbranched alkanes of at least 4 members (excludes halogenated alkanes) is 1. The molecule has 0 aliphatic heterocycles. The normalized spacial score (nSPS) is 12.1. The van der Waals surface area contributed by atoms with Crippen molar-refractivity contribution in [2.45, 2.75) is 39.5 Å². The Morgan fingerprint density at radius 2 is 2.28 bits per heavy atom. The molecule has 4 heteroatoms. The number of nitrogens with zero attached hydrogens (tertiary/aromatic N) is 1. The number of rotatable bonds is 7. The summed E-state index contributed by atoms with van der Waals surface area (Å²) in [6.07, 6.45) is 6.04. The minimum Gasteiger partial charge on any atom is -0.505 e. The lowest BCUT2D eigenvalue weighted by Gasteiger charge is -2.15. The lowest BCUT2D eigenvalue weighted by Crippen LogP contribution is -2.29. The molecule has 1 aromatic rings. The molecule has 1 unspecified atom stereocenters. The number of carbonyl (C=O) groups excluding carboxylic acids is 1. The summed E-state index contributed by atoms with van der Waals surface area (Å²) in [5.74, 6) is 0.124. The van der Waals surface area contributed by atoms with Gasteiger partial charge in [0.05, 0.1) is 0 Å². The largest absolute Gasteiger partial charge is 0.505 e. The van der Waals surface area contributed by atoms with Crippen molar-refractivity contribution in [2.24, 2.45) is 5.92 Å². The zero-order chi connectivity index (χ0) is 13.4. The van der Waals surface area contributed by atoms with E-state index in [0.29, 0.717) is 12.5 Å². The fourth-order valence-corrected chi connectivity index (χ4v) is 1.84. The number of hydrogen-bond donors (Lipinski definition) is 2. The predicted octanol–water partition coefficient (Wildman–Crippen LogP) is 2.73. The standard InChI is InChI=1S/C14H22N2O2/c1-3-5-7-11(4-2)10-16-14(18)13-12(17)8-6-9-15-13/h6,8-9,11,17H,3-5,7,10H2,1-2H3,(H,16,18). The van der Waals surface area contributed by atoms with Crippen LogP contribution >= 0.6 is 0 Å². The van der Waals surface area contributed by atoms with Crippen molar-refractivity contribution < 1.29 is 9.90 Å². The van der Waals surface area contributed by atoms with Crippen molar-refractivity contribution in [1.29, 1.82) is 0 Å². The highest BCUT2D eigenvalue weighted by molar-refractivity contribution is 5.94. The maximum atomic E-state index is 11.8. The van der Waals surface area contributed by atoms with Gasteiger partial charge in [-0.3, -0.25) is 4.79 Å². The molecule has 18 heavy (non-hydrogen) atoms. The van der Waals surface area contributed by atoms with Crippen molar-refractivity contribution >= 4 is 5.91 Å². The van der Waals surface area contributed by atoms with E-state index < -0.39 is 0 Å². The summed E-state index contributed by atoms with van der Waals surface area (Å²) in [4.78, 5) is 15.7. The summed E-state index contributed by atoms with van der Waals surface area (Å²) in [5, 5.41) is 12.4. The number of hydrogen-bond acceptors (Lipinski definition) is 3. The molecule has 2 N–H and O–H groups in total. The lowest BCUT2D eigenvalue weighted by atomic mass is 9.99. The molecular formula is C14H22N2O2. The van der Waals surface area contributed by atoms with Crippen LogP contribution in [0.2, 0.25) is 0 Å². The maximum absolute atomic E-state index is 11.8. The quantitative estimate of drug-likeness (QED) is 0.782. The van der Waals surface area contributed by atoms with E-state index in [1.165, 1.54) is 25.1 Å². The van der Waals surface area contributed by atoms with Gasteiger partial charge < -0.3 is 10.4 Å². The van der Waals surface area contributed by atoms with Gasteiger partial charge in [0.25, 0.3) is 5.91 Å². The minimum absolute atomic E-state index is 0.0726. The van der Waals surface area contributed by atoms with Gasteiger partial charge in [0.2, 0.25) is 0 Å². The van der Waals surface area contributed by atoms with Crippen LogP contribution in [0.4, 0.5) is 0 Å². The average molecular weight is 250 g/mol. The summed E-state index contributed by atoms with van der Waals surface area (Å²) in [7, 11) is 0. The van der Waals surface area contributed by atoms with Gasteiger partial charge in [0.15, 0.2) is 5.69 Å². The Balaban J connectivity index is 2.47. The Bertz CT molecular complexity index is 380. The third-order valence-corrected chi connectivity index (χ3v) is 3.10. The molecule has 0 bridgehead atoms. The number of aromatic hydroxyl groups is 1.